The number of carbonyl (C=O) groups excluding carboxylic acids is 1. The maximum absolute atomic E-state index is 12.8. The number of hydrogen-bond acceptors (Lipinski definition) is 4. The van der Waals surface area contributed by atoms with Crippen molar-refractivity contribution in [3.63, 3.8) is 0 Å². The van der Waals surface area contributed by atoms with Gasteiger partial charge in [-0.25, -0.2) is 0 Å². The van der Waals surface area contributed by atoms with Gasteiger partial charge in [-0.3, -0.25) is 4.79 Å². The summed E-state index contributed by atoms with van der Waals surface area (Å²) in [5.74, 6) is 1.96. The molecule has 2 fully saturated rings. The number of nitrogens with zero attached hydrogens (tertiary/aromatic N) is 4. The zero-order valence-electron chi connectivity index (χ0n) is 12.4. The van der Waals surface area contributed by atoms with Gasteiger partial charge < -0.3 is 14.8 Å². The summed E-state index contributed by atoms with van der Waals surface area (Å²) in [5, 5.41) is 11.7. The molecule has 0 aromatic carbocycles. The smallest absolute Gasteiger partial charge is 0.240 e. The van der Waals surface area contributed by atoms with Crippen LogP contribution in [0.1, 0.15) is 44.3 Å². The molecule has 0 bridgehead atoms. The van der Waals surface area contributed by atoms with E-state index in [0.717, 1.165) is 31.3 Å². The molecule has 0 spiro atoms. The summed E-state index contributed by atoms with van der Waals surface area (Å²) in [6, 6.07) is 0.578. The van der Waals surface area contributed by atoms with Crippen molar-refractivity contribution in [2.75, 3.05) is 6.54 Å². The monoisotopic (exact) mass is 289 g/mol. The first-order chi connectivity index (χ1) is 10.3. The van der Waals surface area contributed by atoms with Crippen molar-refractivity contribution in [2.45, 2.75) is 63.7 Å². The number of rotatable bonds is 1. The first kappa shape index (κ1) is 13.2. The van der Waals surface area contributed by atoms with E-state index in [1.165, 1.54) is 32.1 Å². The van der Waals surface area contributed by atoms with E-state index >= 15 is 0 Å². The molecule has 114 valence electrons. The van der Waals surface area contributed by atoms with E-state index in [1.54, 1.807) is 6.33 Å². The van der Waals surface area contributed by atoms with Crippen LogP contribution in [0.5, 0.6) is 0 Å². The van der Waals surface area contributed by atoms with Crippen LogP contribution in [0.4, 0.5) is 0 Å². The molecule has 21 heavy (non-hydrogen) atoms. The van der Waals surface area contributed by atoms with Gasteiger partial charge in [-0.05, 0) is 31.6 Å². The quantitative estimate of drug-likeness (QED) is 0.835. The minimum Gasteiger partial charge on any atom is -0.332 e. The highest BCUT2D eigenvalue weighted by atomic mass is 16.2. The molecule has 0 radical (unpaired) electrons. The largest absolute Gasteiger partial charge is 0.332 e. The molecule has 3 aliphatic rings. The molecule has 1 aromatic heterocycles. The summed E-state index contributed by atoms with van der Waals surface area (Å²) < 4.78 is 2.04. The molecule has 1 amide bonds. The van der Waals surface area contributed by atoms with Gasteiger partial charge in [-0.2, -0.15) is 0 Å². The molecule has 1 aliphatic carbocycles. The standard InChI is InChI=1S/C15H23N5O/c21-15(19-7-8-20-10-16-18-14(20)9-19)13-6-5-11-3-1-2-4-12(11)17-13/h10-13,17H,1-9H2. The molecule has 1 aromatic rings. The molecule has 1 N–H and O–H groups in total. The first-order valence-corrected chi connectivity index (χ1v) is 8.23. The van der Waals surface area contributed by atoms with Crippen molar-refractivity contribution < 1.29 is 4.79 Å². The lowest BCUT2D eigenvalue weighted by molar-refractivity contribution is -0.136. The molecule has 3 unspecified atom stereocenters. The predicted octanol–water partition coefficient (Wildman–Crippen LogP) is 0.931. The highest BCUT2D eigenvalue weighted by molar-refractivity contribution is 5.82. The second-order valence-corrected chi connectivity index (χ2v) is 6.65. The van der Waals surface area contributed by atoms with Crippen LogP contribution in [-0.2, 0) is 17.9 Å². The maximum Gasteiger partial charge on any atom is 0.240 e. The predicted molar refractivity (Wildman–Crippen MR) is 77.3 cm³/mol. The summed E-state index contributed by atoms with van der Waals surface area (Å²) >= 11 is 0. The molecule has 4 rings (SSSR count). The number of aromatic nitrogens is 3. The van der Waals surface area contributed by atoms with Gasteiger partial charge in [0.25, 0.3) is 0 Å². The van der Waals surface area contributed by atoms with Crippen LogP contribution in [0.25, 0.3) is 0 Å². The fraction of sp³-hybridized carbons (Fsp3) is 0.800. The maximum atomic E-state index is 12.8. The van der Waals surface area contributed by atoms with Gasteiger partial charge in [0.15, 0.2) is 5.82 Å². The second kappa shape index (κ2) is 5.40. The van der Waals surface area contributed by atoms with Crippen molar-refractivity contribution in [1.82, 2.24) is 25.0 Å². The highest BCUT2D eigenvalue weighted by Gasteiger charge is 2.36. The zero-order chi connectivity index (χ0) is 14.2. The van der Waals surface area contributed by atoms with E-state index in [1.807, 2.05) is 9.47 Å². The topological polar surface area (TPSA) is 63.1 Å². The number of nitrogens with one attached hydrogen (secondary N) is 1. The van der Waals surface area contributed by atoms with Crippen molar-refractivity contribution >= 4 is 5.91 Å². The van der Waals surface area contributed by atoms with Crippen molar-refractivity contribution in [3.8, 4) is 0 Å². The van der Waals surface area contributed by atoms with E-state index < -0.39 is 0 Å². The minimum absolute atomic E-state index is 0.0128. The van der Waals surface area contributed by atoms with Gasteiger partial charge in [0.1, 0.15) is 6.33 Å². The number of carbonyl (C=O) groups is 1. The Morgan fingerprint density at radius 1 is 1.19 bits per heavy atom. The van der Waals surface area contributed by atoms with Crippen LogP contribution in [0, 0.1) is 5.92 Å². The van der Waals surface area contributed by atoms with E-state index in [0.29, 0.717) is 12.6 Å². The summed E-state index contributed by atoms with van der Waals surface area (Å²) in [7, 11) is 0. The SMILES string of the molecule is O=C(C1CCC2CCCCC2N1)N1CCn2cnnc2C1. The minimum atomic E-state index is 0.0128. The molecule has 2 aliphatic heterocycles. The third-order valence-corrected chi connectivity index (χ3v) is 5.40. The average Bonchev–Trinajstić information content (AvgIpc) is 3.01. The van der Waals surface area contributed by atoms with Crippen LogP contribution < -0.4 is 5.32 Å². The molecule has 1 saturated carbocycles. The zero-order valence-corrected chi connectivity index (χ0v) is 12.4. The van der Waals surface area contributed by atoms with Gasteiger partial charge in [0, 0.05) is 19.1 Å². The van der Waals surface area contributed by atoms with Crippen molar-refractivity contribution in [1.29, 1.82) is 0 Å². The average molecular weight is 289 g/mol. The van der Waals surface area contributed by atoms with E-state index in [4.69, 9.17) is 0 Å². The Hall–Kier alpha value is -1.43. The summed E-state index contributed by atoms with van der Waals surface area (Å²) in [5.41, 5.74) is 0. The van der Waals surface area contributed by atoms with Crippen LogP contribution in [0.2, 0.25) is 0 Å². The van der Waals surface area contributed by atoms with Gasteiger partial charge in [-0.1, -0.05) is 12.8 Å². The number of hydrogen-bond donors (Lipinski definition) is 1. The van der Waals surface area contributed by atoms with Gasteiger partial charge >= 0.3 is 0 Å². The molecular weight excluding hydrogens is 266 g/mol. The highest BCUT2D eigenvalue weighted by Crippen LogP contribution is 2.32. The Balaban J connectivity index is 1.41. The first-order valence-electron chi connectivity index (χ1n) is 8.23. The van der Waals surface area contributed by atoms with E-state index in [2.05, 4.69) is 15.5 Å². The second-order valence-electron chi connectivity index (χ2n) is 6.65. The fourth-order valence-corrected chi connectivity index (χ4v) is 4.16. The van der Waals surface area contributed by atoms with Gasteiger partial charge in [-0.15, -0.1) is 10.2 Å². The number of amides is 1. The number of piperidine rings is 1. The lowest BCUT2D eigenvalue weighted by atomic mass is 9.77. The molecule has 1 saturated heterocycles. The Kier molecular flexibility index (Phi) is 3.41. The van der Waals surface area contributed by atoms with Crippen molar-refractivity contribution in [3.05, 3.63) is 12.2 Å². The molecule has 6 heteroatoms. The van der Waals surface area contributed by atoms with Crippen LogP contribution in [0.3, 0.4) is 0 Å². The third-order valence-electron chi connectivity index (χ3n) is 5.40. The normalized spacial score (nSPS) is 32.4. The lowest BCUT2D eigenvalue weighted by Crippen LogP contribution is -2.56. The Bertz CT molecular complexity index is 528. The molecule has 6 nitrogen and oxygen atoms in total. The number of fused-ring (bicyclic) bond motifs is 2. The summed E-state index contributed by atoms with van der Waals surface area (Å²) in [4.78, 5) is 14.7. The Morgan fingerprint density at radius 3 is 3.05 bits per heavy atom. The van der Waals surface area contributed by atoms with Crippen LogP contribution in [-0.4, -0.2) is 44.2 Å². The lowest BCUT2D eigenvalue weighted by Gasteiger charge is -2.41. The van der Waals surface area contributed by atoms with E-state index in [-0.39, 0.29) is 11.9 Å². The summed E-state index contributed by atoms with van der Waals surface area (Å²) in [6.07, 6.45) is 9.20. The van der Waals surface area contributed by atoms with E-state index in [9.17, 15) is 4.79 Å². The van der Waals surface area contributed by atoms with Gasteiger partial charge in [0.2, 0.25) is 5.91 Å². The van der Waals surface area contributed by atoms with Crippen LogP contribution in [0.15, 0.2) is 6.33 Å². The molecule has 3 atom stereocenters. The van der Waals surface area contributed by atoms with Crippen LogP contribution >= 0.6 is 0 Å². The summed E-state index contributed by atoms with van der Waals surface area (Å²) in [6.45, 7) is 2.19. The molecule has 3 heterocycles. The van der Waals surface area contributed by atoms with Gasteiger partial charge in [0.05, 0.1) is 12.6 Å². The molecular formula is C15H23N5O. The Morgan fingerprint density at radius 2 is 2.10 bits per heavy atom. The van der Waals surface area contributed by atoms with Crippen molar-refractivity contribution in [2.24, 2.45) is 5.92 Å². The Labute approximate surface area is 124 Å². The third kappa shape index (κ3) is 2.46. The fourth-order valence-electron chi connectivity index (χ4n) is 4.16.